The zero-order chi connectivity index (χ0) is 19.1. The number of aromatic nitrogens is 2. The summed E-state index contributed by atoms with van der Waals surface area (Å²) >= 11 is 1.78. The van der Waals surface area contributed by atoms with Crippen LogP contribution in [0.25, 0.3) is 22.6 Å². The Morgan fingerprint density at radius 3 is 2.96 bits per heavy atom. The number of carbonyl (C=O) groups excluding carboxylic acids is 1. The van der Waals surface area contributed by atoms with Crippen molar-refractivity contribution < 1.29 is 13.7 Å². The maximum Gasteiger partial charge on any atom is 0.259 e. The summed E-state index contributed by atoms with van der Waals surface area (Å²) in [7, 11) is 0. The highest BCUT2D eigenvalue weighted by Crippen LogP contribution is 2.36. The van der Waals surface area contributed by atoms with Crippen LogP contribution in [0.2, 0.25) is 0 Å². The molecule has 28 heavy (non-hydrogen) atoms. The van der Waals surface area contributed by atoms with E-state index in [0.717, 1.165) is 22.8 Å². The van der Waals surface area contributed by atoms with Crippen LogP contribution in [-0.2, 0) is 0 Å². The number of aryl methyl sites for hydroxylation is 1. The van der Waals surface area contributed by atoms with Crippen LogP contribution in [-0.4, -0.2) is 28.3 Å². The first-order valence-electron chi connectivity index (χ1n) is 9.07. The Hall–Kier alpha value is -3.06. The lowest BCUT2D eigenvalue weighted by Crippen LogP contribution is -2.32. The molecule has 4 aromatic rings. The predicted molar refractivity (Wildman–Crippen MR) is 108 cm³/mol. The summed E-state index contributed by atoms with van der Waals surface area (Å²) in [6.45, 7) is 2.48. The zero-order valence-electron chi connectivity index (χ0n) is 15.2. The van der Waals surface area contributed by atoms with Crippen molar-refractivity contribution in [3.8, 4) is 11.5 Å². The van der Waals surface area contributed by atoms with Crippen molar-refractivity contribution in [3.63, 3.8) is 0 Å². The minimum atomic E-state index is -0.0820. The summed E-state index contributed by atoms with van der Waals surface area (Å²) in [5, 5.41) is 4.67. The van der Waals surface area contributed by atoms with Crippen LogP contribution in [0.5, 0.6) is 0 Å². The SMILES string of the molecule is Cc1noc2nc(-c3ccco3)cc(C(=O)N3CCCSc4ccccc43)c12. The van der Waals surface area contributed by atoms with Gasteiger partial charge in [-0.25, -0.2) is 4.98 Å². The molecule has 1 aromatic carbocycles. The second-order valence-electron chi connectivity index (χ2n) is 6.61. The van der Waals surface area contributed by atoms with Gasteiger partial charge in [-0.3, -0.25) is 4.79 Å². The molecule has 0 saturated carbocycles. The fourth-order valence-electron chi connectivity index (χ4n) is 3.50. The highest BCUT2D eigenvalue weighted by atomic mass is 32.2. The van der Waals surface area contributed by atoms with Crippen molar-refractivity contribution in [1.29, 1.82) is 0 Å². The molecule has 0 aliphatic carbocycles. The maximum absolute atomic E-state index is 13.7. The Balaban J connectivity index is 1.68. The van der Waals surface area contributed by atoms with Crippen LogP contribution in [0, 0.1) is 6.92 Å². The topological polar surface area (TPSA) is 72.4 Å². The number of para-hydroxylation sites is 1. The number of fused-ring (bicyclic) bond motifs is 2. The van der Waals surface area contributed by atoms with Crippen molar-refractivity contribution in [2.45, 2.75) is 18.2 Å². The molecule has 0 N–H and O–H groups in total. The summed E-state index contributed by atoms with van der Waals surface area (Å²) in [4.78, 5) is 21.1. The first kappa shape index (κ1) is 17.1. The molecule has 0 unspecified atom stereocenters. The van der Waals surface area contributed by atoms with Crippen molar-refractivity contribution in [2.75, 3.05) is 17.2 Å². The molecule has 0 radical (unpaired) electrons. The lowest BCUT2D eigenvalue weighted by Gasteiger charge is -2.23. The van der Waals surface area contributed by atoms with Crippen LogP contribution in [0.4, 0.5) is 5.69 Å². The van der Waals surface area contributed by atoms with Crippen LogP contribution in [0.3, 0.4) is 0 Å². The second kappa shape index (κ2) is 6.83. The van der Waals surface area contributed by atoms with E-state index in [1.165, 1.54) is 0 Å². The molecule has 0 atom stereocenters. The highest BCUT2D eigenvalue weighted by Gasteiger charge is 2.27. The molecular formula is C21H17N3O3S. The molecular weight excluding hydrogens is 374 g/mol. The van der Waals surface area contributed by atoms with E-state index in [9.17, 15) is 4.79 Å². The third kappa shape index (κ3) is 2.79. The zero-order valence-corrected chi connectivity index (χ0v) is 16.0. The van der Waals surface area contributed by atoms with E-state index in [-0.39, 0.29) is 5.91 Å². The van der Waals surface area contributed by atoms with Gasteiger partial charge in [0.1, 0.15) is 5.69 Å². The van der Waals surface area contributed by atoms with Crippen LogP contribution in [0.15, 0.2) is 62.6 Å². The average Bonchev–Trinajstić information content (AvgIpc) is 3.33. The lowest BCUT2D eigenvalue weighted by molar-refractivity contribution is 0.0988. The number of pyridine rings is 1. The number of hydrogen-bond donors (Lipinski definition) is 0. The molecule has 4 heterocycles. The van der Waals surface area contributed by atoms with E-state index in [0.29, 0.717) is 40.4 Å². The number of furan rings is 1. The summed E-state index contributed by atoms with van der Waals surface area (Å²) < 4.78 is 10.9. The summed E-state index contributed by atoms with van der Waals surface area (Å²) in [6, 6.07) is 13.4. The molecule has 5 rings (SSSR count). The smallest absolute Gasteiger partial charge is 0.259 e. The fourth-order valence-corrected chi connectivity index (χ4v) is 4.49. The molecule has 0 bridgehead atoms. The normalized spacial score (nSPS) is 14.1. The van der Waals surface area contributed by atoms with Gasteiger partial charge >= 0.3 is 0 Å². The number of rotatable bonds is 2. The van der Waals surface area contributed by atoms with Gasteiger partial charge in [-0.2, -0.15) is 0 Å². The summed E-state index contributed by atoms with van der Waals surface area (Å²) in [6.07, 6.45) is 2.50. The molecule has 0 spiro atoms. The summed E-state index contributed by atoms with van der Waals surface area (Å²) in [5.41, 5.74) is 3.00. The van der Waals surface area contributed by atoms with E-state index in [1.54, 1.807) is 30.2 Å². The molecule has 3 aromatic heterocycles. The van der Waals surface area contributed by atoms with Gasteiger partial charge in [-0.05, 0) is 49.4 Å². The van der Waals surface area contributed by atoms with E-state index < -0.39 is 0 Å². The third-order valence-electron chi connectivity index (χ3n) is 4.81. The first-order valence-corrected chi connectivity index (χ1v) is 10.1. The van der Waals surface area contributed by atoms with Gasteiger partial charge in [-0.15, -0.1) is 11.8 Å². The van der Waals surface area contributed by atoms with Crippen LogP contribution < -0.4 is 4.90 Å². The van der Waals surface area contributed by atoms with Gasteiger partial charge in [0.05, 0.1) is 28.6 Å². The van der Waals surface area contributed by atoms with Crippen molar-refractivity contribution in [2.24, 2.45) is 0 Å². The molecule has 1 aliphatic rings. The number of nitrogens with zero attached hydrogens (tertiary/aromatic N) is 3. The number of amides is 1. The van der Waals surface area contributed by atoms with Gasteiger partial charge in [0.25, 0.3) is 11.6 Å². The Bertz CT molecular complexity index is 1170. The number of benzene rings is 1. The Morgan fingerprint density at radius 1 is 1.21 bits per heavy atom. The number of carbonyl (C=O) groups is 1. The standard InChI is InChI=1S/C21H17N3O3S/c1-13-19-14(12-15(17-7-4-10-26-17)22-20(19)27-23-13)21(25)24-9-5-11-28-18-8-3-2-6-16(18)24/h2-4,6-8,10,12H,5,9,11H2,1H3. The van der Waals surface area contributed by atoms with E-state index >= 15 is 0 Å². The van der Waals surface area contributed by atoms with Crippen LogP contribution >= 0.6 is 11.8 Å². The molecule has 0 fully saturated rings. The molecule has 6 nitrogen and oxygen atoms in total. The van der Waals surface area contributed by atoms with Gasteiger partial charge in [-0.1, -0.05) is 17.3 Å². The van der Waals surface area contributed by atoms with E-state index in [2.05, 4.69) is 16.2 Å². The van der Waals surface area contributed by atoms with Gasteiger partial charge < -0.3 is 13.8 Å². The number of anilines is 1. The molecule has 1 aliphatic heterocycles. The monoisotopic (exact) mass is 391 g/mol. The number of hydrogen-bond acceptors (Lipinski definition) is 6. The van der Waals surface area contributed by atoms with Gasteiger partial charge in [0.2, 0.25) is 0 Å². The van der Waals surface area contributed by atoms with Crippen molar-refractivity contribution in [3.05, 3.63) is 60.0 Å². The lowest BCUT2D eigenvalue weighted by atomic mass is 10.1. The Morgan fingerprint density at radius 2 is 2.11 bits per heavy atom. The maximum atomic E-state index is 13.7. The minimum absolute atomic E-state index is 0.0820. The Labute approximate surface area is 165 Å². The Kier molecular flexibility index (Phi) is 4.16. The third-order valence-corrected chi connectivity index (χ3v) is 5.95. The first-order chi connectivity index (χ1) is 13.7. The van der Waals surface area contributed by atoms with E-state index in [1.807, 2.05) is 36.1 Å². The van der Waals surface area contributed by atoms with Crippen LogP contribution in [0.1, 0.15) is 22.5 Å². The highest BCUT2D eigenvalue weighted by molar-refractivity contribution is 7.99. The molecule has 0 saturated heterocycles. The fraction of sp³-hybridized carbons (Fsp3) is 0.190. The average molecular weight is 391 g/mol. The predicted octanol–water partition coefficient (Wildman–Crippen LogP) is 4.93. The number of thioether (sulfide) groups is 1. The second-order valence-corrected chi connectivity index (χ2v) is 7.74. The molecule has 140 valence electrons. The summed E-state index contributed by atoms with van der Waals surface area (Å²) in [5.74, 6) is 1.48. The molecule has 1 amide bonds. The van der Waals surface area contributed by atoms with Crippen molar-refractivity contribution >= 4 is 34.5 Å². The van der Waals surface area contributed by atoms with Crippen molar-refractivity contribution in [1.82, 2.24) is 10.1 Å². The molecule has 7 heteroatoms. The van der Waals surface area contributed by atoms with Gasteiger partial charge in [0, 0.05) is 11.4 Å². The van der Waals surface area contributed by atoms with Gasteiger partial charge in [0.15, 0.2) is 5.76 Å². The minimum Gasteiger partial charge on any atom is -0.463 e. The quantitative estimate of drug-likeness (QED) is 0.482. The van der Waals surface area contributed by atoms with E-state index in [4.69, 9.17) is 8.94 Å². The largest absolute Gasteiger partial charge is 0.463 e.